The van der Waals surface area contributed by atoms with Crippen LogP contribution < -0.4 is 10.6 Å². The molecule has 23 heteroatoms. The summed E-state index contributed by atoms with van der Waals surface area (Å²) < 4.78 is 58.7. The summed E-state index contributed by atoms with van der Waals surface area (Å²) >= 11 is 0. The van der Waals surface area contributed by atoms with Crippen LogP contribution in [0.4, 0.5) is 9.59 Å². The van der Waals surface area contributed by atoms with Gasteiger partial charge in [0, 0.05) is 78.0 Å². The number of hydrogen-bond acceptors (Lipinski definition) is 21. The van der Waals surface area contributed by atoms with Crippen LogP contribution in [0.5, 0.6) is 0 Å². The summed E-state index contributed by atoms with van der Waals surface area (Å²) in [5.74, 6) is -1.63. The molecule has 0 unspecified atom stereocenters. The first kappa shape index (κ1) is 78.2. The Morgan fingerprint density at radius 2 is 0.602 bits per heavy atom. The molecule has 0 saturated carbocycles. The summed E-state index contributed by atoms with van der Waals surface area (Å²) in [4.78, 5) is 101. The third kappa shape index (κ3) is 57.4. The molecule has 2 N–H and O–H groups in total. The highest BCUT2D eigenvalue weighted by molar-refractivity contribution is 5.71. The molecule has 0 fully saturated rings. The molecule has 83 heavy (non-hydrogen) atoms. The number of nitrogens with one attached hydrogen (secondary N) is 2. The number of alkyl carbamates (subject to hydrolysis) is 2. The fourth-order valence-electron chi connectivity index (χ4n) is 7.74. The van der Waals surface area contributed by atoms with Crippen LogP contribution in [0.25, 0.3) is 0 Å². The number of nitrogens with zero attached hydrogens (tertiary/aromatic N) is 2. The maximum atomic E-state index is 12.3. The van der Waals surface area contributed by atoms with E-state index in [4.69, 9.17) is 52.1 Å². The lowest BCUT2D eigenvalue weighted by atomic mass is 10.1. The normalized spacial score (nSPS) is 11.2. The summed E-state index contributed by atoms with van der Waals surface area (Å²) in [7, 11) is 0. The second-order valence-corrected chi connectivity index (χ2v) is 20.7. The Morgan fingerprint density at radius 1 is 0.301 bits per heavy atom. The number of hydrogen-bond donors (Lipinski definition) is 2. The summed E-state index contributed by atoms with van der Waals surface area (Å²) in [5.41, 5.74) is 0. The molecule has 0 bridgehead atoms. The van der Waals surface area contributed by atoms with Crippen molar-refractivity contribution in [2.75, 3.05) is 132 Å². The Kier molecular flexibility index (Phi) is 54.2. The summed E-state index contributed by atoms with van der Waals surface area (Å²) in [6.45, 7) is 19.4. The molecule has 0 radical (unpaired) electrons. The first-order valence-electron chi connectivity index (χ1n) is 31.2. The van der Waals surface area contributed by atoms with E-state index in [1.54, 1.807) is 0 Å². The highest BCUT2D eigenvalue weighted by Crippen LogP contribution is 2.10. The summed E-state index contributed by atoms with van der Waals surface area (Å²) in [6.07, 6.45) is 14.9. The standard InChI is InChI=1S/C60H110N4O19/c1-7-39-76-57(69)29-33-63(35-43-74-51(3)4)37-45-79-54(66)26-18-12-10-13-21-31-61-59(71)82-42-24-16-20-28-56(68)81-50-48-73-47-49-80-55(67)27-19-15-23-41-78-53(65)25-17-11-9-14-22-32-62-60(72)83-46-38-64(36-44-75-52(5)6)34-30-58(70)77-40-8-2/h51-52H,7-50H2,1-6H3,(H,61,71)(H,62,72). The fourth-order valence-corrected chi connectivity index (χ4v) is 7.74. The zero-order valence-electron chi connectivity index (χ0n) is 51.9. The molecule has 0 rings (SSSR count). The zero-order valence-corrected chi connectivity index (χ0v) is 51.9. The third-order valence-corrected chi connectivity index (χ3v) is 12.4. The highest BCUT2D eigenvalue weighted by Gasteiger charge is 2.14. The topological polar surface area (TPSA) is 269 Å². The number of esters is 6. The Labute approximate surface area is 496 Å². The molecule has 484 valence electrons. The Balaban J connectivity index is 3.68. The second-order valence-electron chi connectivity index (χ2n) is 20.7. The van der Waals surface area contributed by atoms with E-state index in [1.807, 2.05) is 51.3 Å². The molecular weight excluding hydrogens is 1080 g/mol. The van der Waals surface area contributed by atoms with Crippen molar-refractivity contribution in [1.29, 1.82) is 0 Å². The first-order valence-corrected chi connectivity index (χ1v) is 31.2. The molecule has 0 aromatic rings. The first-order chi connectivity index (χ1) is 40.1. The van der Waals surface area contributed by atoms with Gasteiger partial charge in [0.2, 0.25) is 0 Å². The molecule has 0 aliphatic rings. The van der Waals surface area contributed by atoms with Crippen molar-refractivity contribution in [2.24, 2.45) is 0 Å². The van der Waals surface area contributed by atoms with E-state index >= 15 is 0 Å². The smallest absolute Gasteiger partial charge is 0.407 e. The van der Waals surface area contributed by atoms with Crippen molar-refractivity contribution in [1.82, 2.24) is 20.4 Å². The van der Waals surface area contributed by atoms with E-state index in [1.165, 1.54) is 0 Å². The average molecular weight is 1190 g/mol. The predicted molar refractivity (Wildman–Crippen MR) is 312 cm³/mol. The lowest BCUT2D eigenvalue weighted by Gasteiger charge is -2.22. The zero-order chi connectivity index (χ0) is 61.2. The van der Waals surface area contributed by atoms with Gasteiger partial charge in [-0.1, -0.05) is 52.4 Å². The van der Waals surface area contributed by atoms with E-state index < -0.39 is 12.2 Å². The fraction of sp³-hybridized carbons (Fsp3) is 0.867. The van der Waals surface area contributed by atoms with Crippen LogP contribution in [0.2, 0.25) is 0 Å². The monoisotopic (exact) mass is 1190 g/mol. The Morgan fingerprint density at radius 3 is 1.01 bits per heavy atom. The van der Waals surface area contributed by atoms with Gasteiger partial charge in [0.05, 0.1) is 77.9 Å². The van der Waals surface area contributed by atoms with Crippen LogP contribution in [0.15, 0.2) is 0 Å². The van der Waals surface area contributed by atoms with Gasteiger partial charge < -0.3 is 62.7 Å². The maximum Gasteiger partial charge on any atom is 0.407 e. The van der Waals surface area contributed by atoms with Crippen LogP contribution in [0, 0.1) is 0 Å². The largest absolute Gasteiger partial charge is 0.466 e. The van der Waals surface area contributed by atoms with Crippen LogP contribution in [-0.4, -0.2) is 202 Å². The van der Waals surface area contributed by atoms with Crippen LogP contribution in [0.1, 0.15) is 196 Å². The lowest BCUT2D eigenvalue weighted by Crippen LogP contribution is -2.35. The number of carbonyl (C=O) groups excluding carboxylic acids is 8. The SMILES string of the molecule is CCCOC(=O)CCN(CCOC(=O)CCCCCCCNC(=O)OCCCCCC(=O)OCCOCCOC(=O)CCCCCOC(=O)CCCCCCCNC(=O)OCCN(CCOC(C)C)CCC(=O)OCCC)CCOC(C)C. The van der Waals surface area contributed by atoms with Crippen molar-refractivity contribution in [3.8, 4) is 0 Å². The molecule has 0 aliphatic heterocycles. The minimum Gasteiger partial charge on any atom is -0.466 e. The molecular formula is C60H110N4O19. The van der Waals surface area contributed by atoms with Gasteiger partial charge in [-0.2, -0.15) is 0 Å². The second kappa shape index (κ2) is 57.6. The van der Waals surface area contributed by atoms with Crippen LogP contribution >= 0.6 is 0 Å². The summed E-state index contributed by atoms with van der Waals surface area (Å²) in [6, 6.07) is 0. The number of unbranched alkanes of at least 4 members (excludes halogenated alkanes) is 12. The molecule has 2 amide bonds. The summed E-state index contributed by atoms with van der Waals surface area (Å²) in [5, 5.41) is 5.52. The molecule has 0 aromatic heterocycles. The minimum atomic E-state index is -0.476. The van der Waals surface area contributed by atoms with E-state index in [2.05, 4.69) is 10.6 Å². The van der Waals surface area contributed by atoms with E-state index in [0.717, 1.165) is 83.5 Å². The molecule has 0 heterocycles. The van der Waals surface area contributed by atoms with Crippen molar-refractivity contribution in [3.63, 3.8) is 0 Å². The predicted octanol–water partition coefficient (Wildman–Crippen LogP) is 8.57. The van der Waals surface area contributed by atoms with Crippen LogP contribution in [-0.2, 0) is 80.9 Å². The molecule has 23 nitrogen and oxygen atoms in total. The van der Waals surface area contributed by atoms with Gasteiger partial charge in [0.25, 0.3) is 0 Å². The quantitative estimate of drug-likeness (QED) is 0.0328. The Bertz CT molecular complexity index is 1540. The number of carbonyl (C=O) groups is 8. The van der Waals surface area contributed by atoms with Gasteiger partial charge >= 0.3 is 48.0 Å². The third-order valence-electron chi connectivity index (χ3n) is 12.4. The number of ether oxygens (including phenoxy) is 11. The van der Waals surface area contributed by atoms with Crippen molar-refractivity contribution in [3.05, 3.63) is 0 Å². The minimum absolute atomic E-state index is 0.0906. The maximum absolute atomic E-state index is 12.3. The number of amides is 2. The van der Waals surface area contributed by atoms with Gasteiger partial charge in [-0.15, -0.1) is 0 Å². The average Bonchev–Trinajstić information content (AvgIpc) is 3.44. The van der Waals surface area contributed by atoms with Crippen molar-refractivity contribution < 1.29 is 90.5 Å². The van der Waals surface area contributed by atoms with Crippen LogP contribution in [0.3, 0.4) is 0 Å². The molecule has 0 spiro atoms. The highest BCUT2D eigenvalue weighted by atomic mass is 16.6. The molecule has 0 atom stereocenters. The molecule has 0 aliphatic carbocycles. The van der Waals surface area contributed by atoms with E-state index in [9.17, 15) is 38.4 Å². The molecule has 0 saturated heterocycles. The van der Waals surface area contributed by atoms with Gasteiger partial charge in [-0.05, 0) is 105 Å². The van der Waals surface area contributed by atoms with Gasteiger partial charge in [-0.25, -0.2) is 9.59 Å². The Hall–Kier alpha value is -4.84. The molecule has 0 aromatic carbocycles. The van der Waals surface area contributed by atoms with Gasteiger partial charge in [0.15, 0.2) is 0 Å². The van der Waals surface area contributed by atoms with E-state index in [-0.39, 0.29) is 120 Å². The van der Waals surface area contributed by atoms with Gasteiger partial charge in [-0.3, -0.25) is 38.6 Å². The lowest BCUT2D eigenvalue weighted by molar-refractivity contribution is -0.148. The van der Waals surface area contributed by atoms with Crippen molar-refractivity contribution >= 4 is 48.0 Å². The van der Waals surface area contributed by atoms with Gasteiger partial charge in [0.1, 0.15) is 26.4 Å². The van der Waals surface area contributed by atoms with Crippen molar-refractivity contribution in [2.45, 2.75) is 208 Å². The number of rotatable bonds is 58. The van der Waals surface area contributed by atoms with E-state index in [0.29, 0.717) is 130 Å².